The number of hydrogen-bond donors (Lipinski definition) is 0. The Morgan fingerprint density at radius 3 is 2.67 bits per heavy atom. The summed E-state index contributed by atoms with van der Waals surface area (Å²) in [5.41, 5.74) is 4.25. The highest BCUT2D eigenvalue weighted by molar-refractivity contribution is 5.89. The van der Waals surface area contributed by atoms with Crippen LogP contribution in [0, 0.1) is 6.92 Å². The average molecular weight is 497 g/mol. The number of esters is 1. The molecule has 5 nitrogen and oxygen atoms in total. The van der Waals surface area contributed by atoms with Crippen molar-refractivity contribution in [2.75, 3.05) is 24.6 Å². The van der Waals surface area contributed by atoms with Gasteiger partial charge in [0.05, 0.1) is 18.7 Å². The second-order valence-corrected chi connectivity index (χ2v) is 8.53. The van der Waals surface area contributed by atoms with E-state index in [4.69, 9.17) is 9.47 Å². The summed E-state index contributed by atoms with van der Waals surface area (Å²) in [6.45, 7) is 5.32. The van der Waals surface area contributed by atoms with Crippen LogP contribution in [0.2, 0.25) is 0 Å². The van der Waals surface area contributed by atoms with Gasteiger partial charge in [0.2, 0.25) is 5.88 Å². The fourth-order valence-corrected chi connectivity index (χ4v) is 4.22. The lowest BCUT2D eigenvalue weighted by molar-refractivity contribution is -0.138. The van der Waals surface area contributed by atoms with Gasteiger partial charge in [-0.25, -0.2) is 9.78 Å². The molecule has 188 valence electrons. The van der Waals surface area contributed by atoms with E-state index in [9.17, 15) is 18.0 Å². The molecular weight excluding hydrogens is 469 g/mol. The average Bonchev–Trinajstić information content (AvgIpc) is 3.31. The molecular formula is C28H27F3N2O3. The number of hydrogen-bond acceptors (Lipinski definition) is 5. The number of alkyl halides is 3. The number of aromatic nitrogens is 1. The Balaban J connectivity index is 1.55. The van der Waals surface area contributed by atoms with Gasteiger partial charge in [-0.15, -0.1) is 0 Å². The zero-order valence-electron chi connectivity index (χ0n) is 20.1. The Kier molecular flexibility index (Phi) is 7.62. The zero-order chi connectivity index (χ0) is 25.7. The SMILES string of the molecule is CCOC(=O)/C=C/c1cc(-c2ccccc2C)ccc1N1CC[C@H](Oc2ccc(C(F)(F)F)cn2)C1. The zero-order valence-corrected chi connectivity index (χ0v) is 20.1. The summed E-state index contributed by atoms with van der Waals surface area (Å²) in [6, 6.07) is 16.4. The normalized spacial score (nSPS) is 15.9. The first-order valence-corrected chi connectivity index (χ1v) is 11.7. The summed E-state index contributed by atoms with van der Waals surface area (Å²) in [6.07, 6.45) is -0.0327. The molecule has 1 saturated heterocycles. The van der Waals surface area contributed by atoms with Crippen LogP contribution in [-0.2, 0) is 15.7 Å². The van der Waals surface area contributed by atoms with Gasteiger partial charge in [-0.1, -0.05) is 30.3 Å². The first-order chi connectivity index (χ1) is 17.2. The number of aryl methyl sites for hydroxylation is 1. The highest BCUT2D eigenvalue weighted by atomic mass is 19.4. The monoisotopic (exact) mass is 496 g/mol. The fourth-order valence-electron chi connectivity index (χ4n) is 4.22. The highest BCUT2D eigenvalue weighted by Crippen LogP contribution is 2.33. The summed E-state index contributed by atoms with van der Waals surface area (Å²) in [7, 11) is 0. The number of rotatable bonds is 7. The van der Waals surface area contributed by atoms with Crippen molar-refractivity contribution in [3.63, 3.8) is 0 Å². The minimum Gasteiger partial charge on any atom is -0.472 e. The summed E-state index contributed by atoms with van der Waals surface area (Å²) >= 11 is 0. The van der Waals surface area contributed by atoms with Crippen molar-refractivity contribution >= 4 is 17.7 Å². The maximum Gasteiger partial charge on any atom is 0.417 e. The van der Waals surface area contributed by atoms with Gasteiger partial charge in [-0.2, -0.15) is 13.2 Å². The van der Waals surface area contributed by atoms with Crippen molar-refractivity contribution in [2.45, 2.75) is 32.5 Å². The standard InChI is InChI=1S/C28H27F3N2O3/c1-3-35-27(34)13-9-21-16-20(24-7-5-4-6-19(24)2)8-11-25(21)33-15-14-23(18-33)36-26-12-10-22(17-32-26)28(29,30)31/h4-13,16-17,23H,3,14-15,18H2,1-2H3/b13-9+/t23-/m0/s1. The molecule has 0 aliphatic carbocycles. The van der Waals surface area contributed by atoms with Crippen LogP contribution in [0.1, 0.15) is 30.0 Å². The molecule has 1 aliphatic heterocycles. The van der Waals surface area contributed by atoms with E-state index in [-0.39, 0.29) is 12.0 Å². The molecule has 36 heavy (non-hydrogen) atoms. The van der Waals surface area contributed by atoms with Gasteiger partial charge in [0.1, 0.15) is 6.10 Å². The third-order valence-electron chi connectivity index (χ3n) is 6.01. The van der Waals surface area contributed by atoms with Gasteiger partial charge in [0.15, 0.2) is 0 Å². The molecule has 2 aromatic carbocycles. The van der Waals surface area contributed by atoms with Gasteiger partial charge in [-0.05, 0) is 60.4 Å². The van der Waals surface area contributed by atoms with Crippen molar-refractivity contribution in [1.82, 2.24) is 4.98 Å². The number of carbonyl (C=O) groups is 1. The van der Waals surface area contributed by atoms with Gasteiger partial charge >= 0.3 is 12.1 Å². The molecule has 4 rings (SSSR count). The van der Waals surface area contributed by atoms with E-state index in [1.165, 1.54) is 12.1 Å². The van der Waals surface area contributed by atoms with Crippen molar-refractivity contribution in [3.05, 3.63) is 83.6 Å². The van der Waals surface area contributed by atoms with E-state index < -0.39 is 17.7 Å². The van der Waals surface area contributed by atoms with Crippen LogP contribution in [0.15, 0.2) is 66.9 Å². The molecule has 0 unspecified atom stereocenters. The van der Waals surface area contributed by atoms with E-state index in [0.717, 1.165) is 40.2 Å². The van der Waals surface area contributed by atoms with E-state index in [0.29, 0.717) is 26.1 Å². The van der Waals surface area contributed by atoms with Crippen LogP contribution in [0.5, 0.6) is 5.88 Å². The third kappa shape index (κ3) is 6.05. The lowest BCUT2D eigenvalue weighted by Crippen LogP contribution is -2.25. The van der Waals surface area contributed by atoms with Crippen molar-refractivity contribution < 1.29 is 27.4 Å². The number of pyridine rings is 1. The maximum atomic E-state index is 12.8. The molecule has 0 amide bonds. The molecule has 0 N–H and O–H groups in total. The van der Waals surface area contributed by atoms with Gasteiger partial charge in [0, 0.05) is 37.0 Å². The first-order valence-electron chi connectivity index (χ1n) is 11.7. The highest BCUT2D eigenvalue weighted by Gasteiger charge is 2.31. The van der Waals surface area contributed by atoms with Crippen LogP contribution < -0.4 is 9.64 Å². The van der Waals surface area contributed by atoms with E-state index in [1.54, 1.807) is 13.0 Å². The number of anilines is 1. The Morgan fingerprint density at radius 1 is 1.17 bits per heavy atom. The van der Waals surface area contributed by atoms with E-state index in [2.05, 4.69) is 28.9 Å². The van der Waals surface area contributed by atoms with Gasteiger partial charge in [0.25, 0.3) is 0 Å². The quantitative estimate of drug-likeness (QED) is 0.283. The molecule has 8 heteroatoms. The lowest BCUT2D eigenvalue weighted by Gasteiger charge is -2.22. The molecule has 1 fully saturated rings. The van der Waals surface area contributed by atoms with Gasteiger partial charge in [-0.3, -0.25) is 0 Å². The second kappa shape index (κ2) is 10.8. The lowest BCUT2D eigenvalue weighted by atomic mass is 9.97. The third-order valence-corrected chi connectivity index (χ3v) is 6.01. The minimum absolute atomic E-state index is 0.159. The number of nitrogens with zero attached hydrogens (tertiary/aromatic N) is 2. The largest absolute Gasteiger partial charge is 0.472 e. The van der Waals surface area contributed by atoms with Crippen molar-refractivity contribution in [3.8, 4) is 17.0 Å². The second-order valence-electron chi connectivity index (χ2n) is 8.53. The number of ether oxygens (including phenoxy) is 2. The van der Waals surface area contributed by atoms with Crippen LogP contribution in [0.25, 0.3) is 17.2 Å². The summed E-state index contributed by atoms with van der Waals surface area (Å²) in [4.78, 5) is 17.9. The molecule has 0 bridgehead atoms. The number of halogens is 3. The van der Waals surface area contributed by atoms with Crippen LogP contribution in [0.3, 0.4) is 0 Å². The number of carbonyl (C=O) groups excluding carboxylic acids is 1. The number of benzene rings is 2. The molecule has 1 atom stereocenters. The van der Waals surface area contributed by atoms with E-state index >= 15 is 0 Å². The first kappa shape index (κ1) is 25.3. The van der Waals surface area contributed by atoms with Crippen molar-refractivity contribution in [1.29, 1.82) is 0 Å². The molecule has 1 aliphatic rings. The van der Waals surface area contributed by atoms with Gasteiger partial charge < -0.3 is 14.4 Å². The molecule has 1 aromatic heterocycles. The predicted molar refractivity (Wildman–Crippen MR) is 133 cm³/mol. The maximum absolute atomic E-state index is 12.8. The molecule has 0 saturated carbocycles. The predicted octanol–water partition coefficient (Wildman–Crippen LogP) is 6.31. The minimum atomic E-state index is -4.44. The molecule has 0 spiro atoms. The van der Waals surface area contributed by atoms with Crippen LogP contribution in [-0.4, -0.2) is 36.8 Å². The van der Waals surface area contributed by atoms with Crippen LogP contribution in [0.4, 0.5) is 18.9 Å². The molecule has 3 aromatic rings. The smallest absolute Gasteiger partial charge is 0.417 e. The van der Waals surface area contributed by atoms with Crippen molar-refractivity contribution in [2.24, 2.45) is 0 Å². The Morgan fingerprint density at radius 2 is 1.97 bits per heavy atom. The van der Waals surface area contributed by atoms with Crippen LogP contribution >= 0.6 is 0 Å². The molecule has 2 heterocycles. The summed E-state index contributed by atoms with van der Waals surface area (Å²) in [5, 5.41) is 0. The molecule has 0 radical (unpaired) electrons. The Bertz CT molecular complexity index is 1240. The summed E-state index contributed by atoms with van der Waals surface area (Å²) in [5.74, 6) is -0.257. The Hall–Kier alpha value is -3.81. The summed E-state index contributed by atoms with van der Waals surface area (Å²) < 4.78 is 49.3. The Labute approximate surface area is 208 Å². The fraction of sp³-hybridized carbons (Fsp3) is 0.286. The van der Waals surface area contributed by atoms with E-state index in [1.807, 2.05) is 30.3 Å². The topological polar surface area (TPSA) is 51.7 Å².